The highest BCUT2D eigenvalue weighted by molar-refractivity contribution is 5.94. The summed E-state index contributed by atoms with van der Waals surface area (Å²) in [5.74, 6) is 0.0656. The number of amides is 1. The summed E-state index contributed by atoms with van der Waals surface area (Å²) in [6.45, 7) is 1.99. The average molecular weight is 467 g/mol. The molecule has 2 aromatic carbocycles. The molecule has 1 fully saturated rings. The Morgan fingerprint density at radius 3 is 2.68 bits per heavy atom. The van der Waals surface area contributed by atoms with Crippen molar-refractivity contribution >= 4 is 16.8 Å². The third-order valence-electron chi connectivity index (χ3n) is 7.69. The molecular weight excluding hydrogens is 435 g/mol. The first-order valence-electron chi connectivity index (χ1n) is 11.7. The standard InChI is InChI=1S/C26H31FN4O3/c1-28-24(33)26(16-32)23-22(19-8-7-18(34-2)13-21(19)30-23)25(9-11-29-12-10-25)15-31(26)14-17-5-3-4-6-20(17)27/h3-8,13,29-30,32H,9-12,14-16H2,1-2H3,(H,28,33). The van der Waals surface area contributed by atoms with Gasteiger partial charge in [0, 0.05) is 48.1 Å². The zero-order chi connectivity index (χ0) is 23.9. The van der Waals surface area contributed by atoms with Crippen molar-refractivity contribution in [2.45, 2.75) is 30.3 Å². The second-order valence-corrected chi connectivity index (χ2v) is 9.36. The molecule has 1 unspecified atom stereocenters. The minimum absolute atomic E-state index is 0.202. The summed E-state index contributed by atoms with van der Waals surface area (Å²) in [5, 5.41) is 18.1. The van der Waals surface area contributed by atoms with Crippen LogP contribution >= 0.6 is 0 Å². The lowest BCUT2D eigenvalue weighted by Gasteiger charge is -2.53. The molecule has 34 heavy (non-hydrogen) atoms. The first kappa shape index (κ1) is 22.8. The number of benzene rings is 2. The van der Waals surface area contributed by atoms with Crippen molar-refractivity contribution < 1.29 is 19.0 Å². The van der Waals surface area contributed by atoms with Crippen molar-refractivity contribution in [3.8, 4) is 5.75 Å². The summed E-state index contributed by atoms with van der Waals surface area (Å²) in [6, 6.07) is 12.5. The molecule has 4 N–H and O–H groups in total. The van der Waals surface area contributed by atoms with E-state index in [1.54, 1.807) is 32.4 Å². The number of hydrogen-bond donors (Lipinski definition) is 4. The number of rotatable bonds is 5. The van der Waals surface area contributed by atoms with E-state index >= 15 is 0 Å². The molecule has 3 aromatic rings. The van der Waals surface area contributed by atoms with Crippen molar-refractivity contribution in [1.29, 1.82) is 0 Å². The lowest BCUT2D eigenvalue weighted by Crippen LogP contribution is -2.65. The number of methoxy groups -OCH3 is 1. The number of piperidine rings is 1. The quantitative estimate of drug-likeness (QED) is 0.464. The minimum Gasteiger partial charge on any atom is -0.497 e. The van der Waals surface area contributed by atoms with Crippen molar-refractivity contribution in [2.24, 2.45) is 0 Å². The molecule has 1 spiro atoms. The van der Waals surface area contributed by atoms with Crippen LogP contribution in [0.2, 0.25) is 0 Å². The summed E-state index contributed by atoms with van der Waals surface area (Å²) in [5.41, 5.74) is 1.49. The maximum atomic E-state index is 14.7. The second kappa shape index (κ2) is 8.69. The molecule has 0 saturated carbocycles. The van der Waals surface area contributed by atoms with Gasteiger partial charge in [0.25, 0.3) is 0 Å². The van der Waals surface area contributed by atoms with Gasteiger partial charge in [-0.3, -0.25) is 9.69 Å². The number of fused-ring (bicyclic) bond motifs is 4. The molecule has 8 heteroatoms. The largest absolute Gasteiger partial charge is 0.497 e. The molecule has 1 aromatic heterocycles. The number of carbonyl (C=O) groups excluding carboxylic acids is 1. The van der Waals surface area contributed by atoms with Crippen LogP contribution in [-0.2, 0) is 22.3 Å². The number of hydrogen-bond acceptors (Lipinski definition) is 5. The lowest BCUT2D eigenvalue weighted by molar-refractivity contribution is -0.141. The number of aromatic nitrogens is 1. The molecule has 7 nitrogen and oxygen atoms in total. The Morgan fingerprint density at radius 2 is 2.00 bits per heavy atom. The van der Waals surface area contributed by atoms with Gasteiger partial charge in [-0.25, -0.2) is 4.39 Å². The molecule has 1 amide bonds. The predicted octanol–water partition coefficient (Wildman–Crippen LogP) is 2.39. The van der Waals surface area contributed by atoms with Gasteiger partial charge in [-0.05, 0) is 49.7 Å². The Hall–Kier alpha value is -2.94. The van der Waals surface area contributed by atoms with E-state index in [4.69, 9.17) is 4.74 Å². The first-order valence-corrected chi connectivity index (χ1v) is 11.7. The van der Waals surface area contributed by atoms with E-state index in [1.807, 2.05) is 23.1 Å². The summed E-state index contributed by atoms with van der Waals surface area (Å²) in [6.07, 6.45) is 1.75. The van der Waals surface area contributed by atoms with Crippen LogP contribution in [-0.4, -0.2) is 61.3 Å². The maximum absolute atomic E-state index is 14.7. The molecule has 2 aliphatic rings. The van der Waals surface area contributed by atoms with Gasteiger partial charge in [0.05, 0.1) is 19.4 Å². The number of ether oxygens (including phenoxy) is 1. The molecule has 3 heterocycles. The van der Waals surface area contributed by atoms with Crippen LogP contribution in [0.4, 0.5) is 4.39 Å². The van der Waals surface area contributed by atoms with E-state index in [0.29, 0.717) is 23.6 Å². The number of aromatic amines is 1. The van der Waals surface area contributed by atoms with Crippen LogP contribution in [0.5, 0.6) is 5.75 Å². The molecular formula is C26H31FN4O3. The molecule has 1 atom stereocenters. The zero-order valence-corrected chi connectivity index (χ0v) is 19.6. The van der Waals surface area contributed by atoms with Crippen LogP contribution in [0, 0.1) is 5.82 Å². The lowest BCUT2D eigenvalue weighted by atomic mass is 9.65. The van der Waals surface area contributed by atoms with Crippen molar-refractivity contribution in [2.75, 3.05) is 40.4 Å². The molecule has 0 radical (unpaired) electrons. The van der Waals surface area contributed by atoms with E-state index in [1.165, 1.54) is 6.07 Å². The monoisotopic (exact) mass is 466 g/mol. The van der Waals surface area contributed by atoms with E-state index in [-0.39, 0.29) is 23.7 Å². The van der Waals surface area contributed by atoms with Gasteiger partial charge >= 0.3 is 0 Å². The number of nitrogens with zero attached hydrogens (tertiary/aromatic N) is 1. The van der Waals surface area contributed by atoms with Gasteiger partial charge in [-0.1, -0.05) is 18.2 Å². The van der Waals surface area contributed by atoms with Gasteiger partial charge in [0.15, 0.2) is 5.54 Å². The van der Waals surface area contributed by atoms with Crippen LogP contribution in [0.3, 0.4) is 0 Å². The normalized spacial score (nSPS) is 22.0. The van der Waals surface area contributed by atoms with Gasteiger partial charge in [-0.2, -0.15) is 0 Å². The number of aliphatic hydroxyl groups excluding tert-OH is 1. The van der Waals surface area contributed by atoms with Gasteiger partial charge in [0.2, 0.25) is 5.91 Å². The van der Waals surface area contributed by atoms with Gasteiger partial charge in [-0.15, -0.1) is 0 Å². The fraction of sp³-hybridized carbons (Fsp3) is 0.423. The third kappa shape index (κ3) is 3.32. The van der Waals surface area contributed by atoms with Crippen LogP contribution < -0.4 is 15.4 Å². The average Bonchev–Trinajstić information content (AvgIpc) is 3.26. The highest BCUT2D eigenvalue weighted by Gasteiger charge is 2.57. The van der Waals surface area contributed by atoms with Gasteiger partial charge < -0.3 is 25.5 Å². The number of aliphatic hydroxyl groups is 1. The number of likely N-dealkylation sites (N-methyl/N-ethyl adjacent to an activating group) is 1. The van der Waals surface area contributed by atoms with E-state index in [0.717, 1.165) is 42.4 Å². The third-order valence-corrected chi connectivity index (χ3v) is 7.69. The summed E-state index contributed by atoms with van der Waals surface area (Å²) in [4.78, 5) is 19.0. The van der Waals surface area contributed by atoms with Crippen molar-refractivity contribution in [3.05, 3.63) is 65.1 Å². The Kier molecular flexibility index (Phi) is 5.83. The zero-order valence-electron chi connectivity index (χ0n) is 19.6. The Labute approximate surface area is 198 Å². The molecule has 2 aliphatic heterocycles. The Bertz CT molecular complexity index is 1220. The maximum Gasteiger partial charge on any atom is 0.248 e. The number of nitrogens with one attached hydrogen (secondary N) is 3. The fourth-order valence-electron chi connectivity index (χ4n) is 5.95. The molecule has 1 saturated heterocycles. The van der Waals surface area contributed by atoms with Crippen molar-refractivity contribution in [1.82, 2.24) is 20.5 Å². The van der Waals surface area contributed by atoms with Crippen LogP contribution in [0.1, 0.15) is 29.7 Å². The second-order valence-electron chi connectivity index (χ2n) is 9.36. The van der Waals surface area contributed by atoms with E-state index < -0.39 is 12.1 Å². The van der Waals surface area contributed by atoms with E-state index in [2.05, 4.69) is 15.6 Å². The smallest absolute Gasteiger partial charge is 0.248 e. The van der Waals surface area contributed by atoms with Crippen LogP contribution in [0.25, 0.3) is 10.9 Å². The highest BCUT2D eigenvalue weighted by Crippen LogP contribution is 2.51. The topological polar surface area (TPSA) is 89.6 Å². The number of carbonyl (C=O) groups is 1. The van der Waals surface area contributed by atoms with Crippen molar-refractivity contribution in [3.63, 3.8) is 0 Å². The van der Waals surface area contributed by atoms with E-state index in [9.17, 15) is 14.3 Å². The summed E-state index contributed by atoms with van der Waals surface area (Å²) in [7, 11) is 3.19. The molecule has 5 rings (SSSR count). The molecule has 0 aliphatic carbocycles. The van der Waals surface area contributed by atoms with Gasteiger partial charge in [0.1, 0.15) is 11.6 Å². The van der Waals surface area contributed by atoms with Crippen LogP contribution in [0.15, 0.2) is 42.5 Å². The number of halogens is 1. The minimum atomic E-state index is -1.38. The fourth-order valence-corrected chi connectivity index (χ4v) is 5.95. The first-order chi connectivity index (χ1) is 16.5. The molecule has 0 bridgehead atoms. The summed E-state index contributed by atoms with van der Waals surface area (Å²) < 4.78 is 20.2. The SMILES string of the molecule is CNC(=O)C1(CO)c2[nH]c3cc(OC)ccc3c2C2(CCNCC2)CN1Cc1ccccc1F. The highest BCUT2D eigenvalue weighted by atomic mass is 19.1. The summed E-state index contributed by atoms with van der Waals surface area (Å²) >= 11 is 0. The Morgan fingerprint density at radius 1 is 1.24 bits per heavy atom. The number of H-pyrrole nitrogens is 1. The Balaban J connectivity index is 1.78. The predicted molar refractivity (Wildman–Crippen MR) is 128 cm³/mol. The molecule has 180 valence electrons.